The number of aliphatic carboxylic acids is 2. The van der Waals surface area contributed by atoms with E-state index >= 15 is 0 Å². The molecule has 0 aliphatic rings. The molecule has 4 atom stereocenters. The lowest BCUT2D eigenvalue weighted by atomic mass is 10.1. The van der Waals surface area contributed by atoms with E-state index in [1.54, 1.807) is 6.26 Å². The van der Waals surface area contributed by atoms with E-state index in [4.69, 9.17) is 22.9 Å². The molecule has 210 valence electrons. The minimum Gasteiger partial charge on any atom is -0.481 e. The van der Waals surface area contributed by atoms with Gasteiger partial charge in [-0.05, 0) is 37.7 Å². The van der Waals surface area contributed by atoms with Crippen molar-refractivity contribution in [1.82, 2.24) is 16.0 Å². The molecular weight excluding hydrogens is 512 g/mol. The van der Waals surface area contributed by atoms with E-state index in [1.807, 2.05) is 0 Å². The number of amides is 4. The zero-order chi connectivity index (χ0) is 28.5. The first-order chi connectivity index (χ1) is 17.3. The molecule has 17 heteroatoms. The third-order valence-electron chi connectivity index (χ3n) is 4.85. The number of nitrogens with one attached hydrogen (secondary N) is 3. The smallest absolute Gasteiger partial charge is 0.326 e. The zero-order valence-electron chi connectivity index (χ0n) is 20.5. The van der Waals surface area contributed by atoms with Crippen LogP contribution in [-0.4, -0.2) is 94.5 Å². The van der Waals surface area contributed by atoms with Gasteiger partial charge in [-0.1, -0.05) is 0 Å². The van der Waals surface area contributed by atoms with Crippen molar-refractivity contribution >= 4 is 53.3 Å². The van der Waals surface area contributed by atoms with Gasteiger partial charge in [0.1, 0.15) is 18.1 Å². The number of carbonyl (C=O) groups is 6. The second-order valence-electron chi connectivity index (χ2n) is 7.96. The van der Waals surface area contributed by atoms with Crippen LogP contribution in [0.5, 0.6) is 0 Å². The normalized spacial score (nSPS) is 13.8. The third kappa shape index (κ3) is 15.2. The van der Waals surface area contributed by atoms with Crippen LogP contribution < -0.4 is 38.9 Å². The van der Waals surface area contributed by atoms with Gasteiger partial charge >= 0.3 is 11.9 Å². The number of nitrogens with zero attached hydrogens (tertiary/aromatic N) is 1. The van der Waals surface area contributed by atoms with Gasteiger partial charge in [0, 0.05) is 13.0 Å². The quantitative estimate of drug-likeness (QED) is 0.0429. The maximum absolute atomic E-state index is 13.0. The first kappa shape index (κ1) is 33.4. The van der Waals surface area contributed by atoms with Crippen LogP contribution in [0.4, 0.5) is 0 Å². The summed E-state index contributed by atoms with van der Waals surface area (Å²) in [4.78, 5) is 75.6. The van der Waals surface area contributed by atoms with Gasteiger partial charge in [0.2, 0.25) is 23.6 Å². The topological polar surface area (TPSA) is 295 Å². The molecule has 0 rings (SSSR count). The van der Waals surface area contributed by atoms with Crippen molar-refractivity contribution < 1.29 is 39.0 Å². The van der Waals surface area contributed by atoms with Crippen LogP contribution in [0.3, 0.4) is 0 Å². The molecular formula is C20H36N8O8S. The number of carboxylic acid groups (broad SMARTS) is 2. The van der Waals surface area contributed by atoms with Crippen LogP contribution >= 0.6 is 11.8 Å². The molecule has 13 N–H and O–H groups in total. The van der Waals surface area contributed by atoms with Crippen LogP contribution in [0.25, 0.3) is 0 Å². The highest BCUT2D eigenvalue weighted by Crippen LogP contribution is 2.06. The Labute approximate surface area is 217 Å². The van der Waals surface area contributed by atoms with E-state index in [1.165, 1.54) is 11.8 Å². The molecule has 0 saturated carbocycles. The highest BCUT2D eigenvalue weighted by molar-refractivity contribution is 7.98. The van der Waals surface area contributed by atoms with E-state index in [-0.39, 0.29) is 44.6 Å². The van der Waals surface area contributed by atoms with Gasteiger partial charge in [0.05, 0.1) is 12.5 Å². The molecule has 4 amide bonds. The van der Waals surface area contributed by atoms with E-state index in [0.29, 0.717) is 5.75 Å². The molecule has 0 aromatic carbocycles. The van der Waals surface area contributed by atoms with Crippen molar-refractivity contribution in [2.45, 2.75) is 62.7 Å². The number of aliphatic imine (C=N–C) groups is 1. The summed E-state index contributed by atoms with van der Waals surface area (Å²) in [6.45, 7) is 0.102. The zero-order valence-corrected chi connectivity index (χ0v) is 21.3. The van der Waals surface area contributed by atoms with E-state index in [2.05, 4.69) is 20.9 Å². The Morgan fingerprint density at radius 1 is 0.838 bits per heavy atom. The monoisotopic (exact) mass is 548 g/mol. The molecule has 4 unspecified atom stereocenters. The summed E-state index contributed by atoms with van der Waals surface area (Å²) < 4.78 is 0. The molecule has 0 aromatic rings. The summed E-state index contributed by atoms with van der Waals surface area (Å²) in [7, 11) is 0. The minimum atomic E-state index is -1.64. The minimum absolute atomic E-state index is 0.0240. The fraction of sp³-hybridized carbons (Fsp3) is 0.650. The molecule has 0 bridgehead atoms. The summed E-state index contributed by atoms with van der Waals surface area (Å²) in [5.74, 6) is -5.93. The number of guanidine groups is 1. The van der Waals surface area contributed by atoms with Crippen molar-refractivity contribution in [3.05, 3.63) is 0 Å². The lowest BCUT2D eigenvalue weighted by molar-refractivity contribution is -0.143. The summed E-state index contributed by atoms with van der Waals surface area (Å²) >= 11 is 1.35. The molecule has 16 nitrogen and oxygen atoms in total. The Morgan fingerprint density at radius 2 is 1.41 bits per heavy atom. The van der Waals surface area contributed by atoms with Crippen LogP contribution in [0, 0.1) is 0 Å². The number of primary amides is 1. The molecule has 0 aliphatic carbocycles. The number of nitrogens with two attached hydrogens (primary N) is 4. The second-order valence-corrected chi connectivity index (χ2v) is 8.95. The molecule has 0 heterocycles. The van der Waals surface area contributed by atoms with Gasteiger partial charge in [0.15, 0.2) is 5.96 Å². The molecule has 0 saturated heterocycles. The third-order valence-corrected chi connectivity index (χ3v) is 5.50. The second kappa shape index (κ2) is 17.8. The van der Waals surface area contributed by atoms with Crippen LogP contribution in [-0.2, 0) is 28.8 Å². The van der Waals surface area contributed by atoms with E-state index < -0.39 is 66.2 Å². The Morgan fingerprint density at radius 3 is 1.92 bits per heavy atom. The average molecular weight is 549 g/mol. The highest BCUT2D eigenvalue weighted by Gasteiger charge is 2.31. The predicted molar refractivity (Wildman–Crippen MR) is 135 cm³/mol. The van der Waals surface area contributed by atoms with E-state index in [9.17, 15) is 39.0 Å². The summed E-state index contributed by atoms with van der Waals surface area (Å²) in [5, 5.41) is 25.4. The van der Waals surface area contributed by atoms with E-state index in [0.717, 1.165) is 0 Å². The number of carboxylic acids is 2. The molecule has 0 fully saturated rings. The standard InChI is InChI=1S/C20H36N8O8S/c1-37-8-6-12(19(35)36)27-18(34)13(9-15(30)31)28-17(33)11(3-2-7-25-20(23)24)26-16(32)10(21)4-5-14(22)29/h10-13H,2-9,21H2,1H3,(H2,22,29)(H,26,32)(H,27,34)(H,28,33)(H,30,31)(H,35,36)(H4,23,24,25). The molecule has 0 aromatic heterocycles. The van der Waals surface area contributed by atoms with Gasteiger partial charge in [-0.2, -0.15) is 11.8 Å². The summed E-state index contributed by atoms with van der Waals surface area (Å²) in [5.41, 5.74) is 21.3. The SMILES string of the molecule is CSCCC(NC(=O)C(CC(=O)O)NC(=O)C(CCCN=C(N)N)NC(=O)C(N)CCC(N)=O)C(=O)O. The lowest BCUT2D eigenvalue weighted by Crippen LogP contribution is -2.57. The first-order valence-electron chi connectivity index (χ1n) is 11.2. The fourth-order valence-electron chi connectivity index (χ4n) is 2.90. The van der Waals surface area contributed by atoms with Gasteiger partial charge in [0.25, 0.3) is 0 Å². The first-order valence-corrected chi connectivity index (χ1v) is 12.6. The number of hydrogen-bond acceptors (Lipinski definition) is 9. The average Bonchev–Trinajstić information content (AvgIpc) is 2.80. The Kier molecular flexibility index (Phi) is 16.0. The van der Waals surface area contributed by atoms with Crippen molar-refractivity contribution in [1.29, 1.82) is 0 Å². The molecule has 0 spiro atoms. The van der Waals surface area contributed by atoms with Crippen molar-refractivity contribution in [2.24, 2.45) is 27.9 Å². The lowest BCUT2D eigenvalue weighted by Gasteiger charge is -2.24. The fourth-order valence-corrected chi connectivity index (χ4v) is 3.37. The molecule has 0 aliphatic heterocycles. The van der Waals surface area contributed by atoms with Crippen molar-refractivity contribution in [3.63, 3.8) is 0 Å². The van der Waals surface area contributed by atoms with Gasteiger partial charge in [-0.3, -0.25) is 29.0 Å². The predicted octanol–water partition coefficient (Wildman–Crippen LogP) is -3.60. The maximum atomic E-state index is 13.0. The molecule has 37 heavy (non-hydrogen) atoms. The summed E-state index contributed by atoms with van der Waals surface area (Å²) in [6, 6.07) is -5.39. The maximum Gasteiger partial charge on any atom is 0.326 e. The number of rotatable bonds is 19. The number of hydrogen-bond donors (Lipinski definition) is 9. The Balaban J connectivity index is 5.60. The van der Waals surface area contributed by atoms with Crippen LogP contribution in [0.15, 0.2) is 4.99 Å². The Bertz CT molecular complexity index is 852. The van der Waals surface area contributed by atoms with Crippen molar-refractivity contribution in [3.8, 4) is 0 Å². The molecule has 0 radical (unpaired) electrons. The summed E-state index contributed by atoms with van der Waals surface area (Å²) in [6.07, 6.45) is 0.901. The Hall–Kier alpha value is -3.60. The van der Waals surface area contributed by atoms with Crippen LogP contribution in [0.2, 0.25) is 0 Å². The number of carbonyl (C=O) groups excluding carboxylic acids is 4. The van der Waals surface area contributed by atoms with Crippen molar-refractivity contribution in [2.75, 3.05) is 18.6 Å². The number of thioether (sulfide) groups is 1. The van der Waals surface area contributed by atoms with Crippen LogP contribution in [0.1, 0.15) is 38.5 Å². The highest BCUT2D eigenvalue weighted by atomic mass is 32.2. The van der Waals surface area contributed by atoms with Gasteiger partial charge < -0.3 is 49.1 Å². The van der Waals surface area contributed by atoms with Gasteiger partial charge in [-0.15, -0.1) is 0 Å². The largest absolute Gasteiger partial charge is 0.481 e. The van der Waals surface area contributed by atoms with Gasteiger partial charge in [-0.25, -0.2) is 4.79 Å².